The largest absolute Gasteiger partial charge is 0.490 e. The van der Waals surface area contributed by atoms with E-state index in [0.717, 1.165) is 24.0 Å². The number of likely N-dealkylation sites (tertiary alicyclic amines) is 1. The number of halogens is 1. The number of piperidine rings is 1. The van der Waals surface area contributed by atoms with E-state index in [9.17, 15) is 9.59 Å². The maximum Gasteiger partial charge on any atom is 0.409 e. The van der Waals surface area contributed by atoms with Crippen molar-refractivity contribution in [2.45, 2.75) is 38.5 Å². The SMILES string of the molecule is COC(=O)N1CCC(OC2=CC(C(=O)NCc3ccc(Cl)cc3)NC=C2C)CC1. The molecule has 8 heteroatoms. The van der Waals surface area contributed by atoms with Crippen LogP contribution < -0.4 is 10.6 Å². The summed E-state index contributed by atoms with van der Waals surface area (Å²) < 4.78 is 10.9. The van der Waals surface area contributed by atoms with Crippen molar-refractivity contribution >= 4 is 23.6 Å². The Bertz CT molecular complexity index is 799. The molecular weight excluding hydrogens is 394 g/mol. The van der Waals surface area contributed by atoms with E-state index in [1.165, 1.54) is 7.11 Å². The van der Waals surface area contributed by atoms with Gasteiger partial charge in [0.2, 0.25) is 5.91 Å². The molecule has 29 heavy (non-hydrogen) atoms. The maximum absolute atomic E-state index is 12.5. The summed E-state index contributed by atoms with van der Waals surface area (Å²) in [4.78, 5) is 25.8. The number of dihydropyridines is 1. The zero-order valence-electron chi connectivity index (χ0n) is 16.6. The summed E-state index contributed by atoms with van der Waals surface area (Å²) in [5.41, 5.74) is 1.91. The Morgan fingerprint density at radius 3 is 2.59 bits per heavy atom. The van der Waals surface area contributed by atoms with E-state index in [1.54, 1.807) is 29.3 Å². The van der Waals surface area contributed by atoms with Crippen LogP contribution in [-0.2, 0) is 20.8 Å². The van der Waals surface area contributed by atoms with Crippen molar-refractivity contribution in [1.82, 2.24) is 15.5 Å². The second-order valence-corrected chi connectivity index (χ2v) is 7.56. The van der Waals surface area contributed by atoms with Crippen molar-refractivity contribution < 1.29 is 19.1 Å². The van der Waals surface area contributed by atoms with Gasteiger partial charge in [0.15, 0.2) is 0 Å². The fraction of sp³-hybridized carbons (Fsp3) is 0.429. The first-order valence-electron chi connectivity index (χ1n) is 9.63. The average molecular weight is 420 g/mol. The first kappa shape index (κ1) is 21.0. The Hall–Kier alpha value is -2.67. The van der Waals surface area contributed by atoms with Gasteiger partial charge in [-0.05, 0) is 30.7 Å². The zero-order valence-corrected chi connectivity index (χ0v) is 17.4. The van der Waals surface area contributed by atoms with Crippen LogP contribution in [0.15, 0.2) is 47.9 Å². The summed E-state index contributed by atoms with van der Waals surface area (Å²) in [6.07, 6.45) is 4.74. The molecule has 156 valence electrons. The number of hydrogen-bond acceptors (Lipinski definition) is 5. The number of carbonyl (C=O) groups excluding carboxylic acids is 2. The van der Waals surface area contributed by atoms with Gasteiger partial charge in [-0.15, -0.1) is 0 Å². The van der Waals surface area contributed by atoms with Gasteiger partial charge in [0.05, 0.1) is 7.11 Å². The standard InChI is InChI=1S/C21H26ClN3O4/c1-14-12-23-18(20(26)24-13-15-3-5-16(22)6-4-15)11-19(14)29-17-7-9-25(10-8-17)21(27)28-2/h3-6,11-12,17-18,23H,7-10,13H2,1-2H3,(H,24,26). The van der Waals surface area contributed by atoms with Crippen LogP contribution in [0.2, 0.25) is 5.02 Å². The van der Waals surface area contributed by atoms with Crippen LogP contribution in [0, 0.1) is 0 Å². The maximum atomic E-state index is 12.5. The predicted molar refractivity (Wildman–Crippen MR) is 110 cm³/mol. The van der Waals surface area contributed by atoms with E-state index in [-0.39, 0.29) is 18.1 Å². The van der Waals surface area contributed by atoms with Crippen molar-refractivity contribution in [3.05, 3.63) is 58.5 Å². The molecule has 1 saturated heterocycles. The minimum Gasteiger partial charge on any atom is -0.490 e. The van der Waals surface area contributed by atoms with Crippen LogP contribution in [0.25, 0.3) is 0 Å². The number of hydrogen-bond donors (Lipinski definition) is 2. The molecule has 1 unspecified atom stereocenters. The number of carbonyl (C=O) groups is 2. The van der Waals surface area contributed by atoms with Crippen molar-refractivity contribution in [2.24, 2.45) is 0 Å². The third-order valence-electron chi connectivity index (χ3n) is 5.02. The zero-order chi connectivity index (χ0) is 20.8. The number of methoxy groups -OCH3 is 1. The Morgan fingerprint density at radius 2 is 1.93 bits per heavy atom. The van der Waals surface area contributed by atoms with E-state index < -0.39 is 6.04 Å². The van der Waals surface area contributed by atoms with E-state index in [2.05, 4.69) is 10.6 Å². The topological polar surface area (TPSA) is 79.9 Å². The number of nitrogens with zero attached hydrogens (tertiary/aromatic N) is 1. The minimum absolute atomic E-state index is 0.00128. The molecule has 0 aromatic heterocycles. The van der Waals surface area contributed by atoms with Crippen LogP contribution in [0.3, 0.4) is 0 Å². The van der Waals surface area contributed by atoms with Gasteiger partial charge in [-0.25, -0.2) is 4.79 Å². The molecule has 1 aromatic rings. The fourth-order valence-electron chi connectivity index (χ4n) is 3.27. The highest BCUT2D eigenvalue weighted by Gasteiger charge is 2.27. The summed E-state index contributed by atoms with van der Waals surface area (Å²) in [5.74, 6) is 0.567. The number of rotatable bonds is 5. The molecule has 2 amide bonds. The van der Waals surface area contributed by atoms with Crippen molar-refractivity contribution in [3.63, 3.8) is 0 Å². The van der Waals surface area contributed by atoms with Crippen LogP contribution in [0.1, 0.15) is 25.3 Å². The van der Waals surface area contributed by atoms with Crippen LogP contribution in [0.4, 0.5) is 4.79 Å². The molecule has 7 nitrogen and oxygen atoms in total. The number of amides is 2. The van der Waals surface area contributed by atoms with Crippen LogP contribution >= 0.6 is 11.6 Å². The Morgan fingerprint density at radius 1 is 1.24 bits per heavy atom. The molecule has 2 heterocycles. The van der Waals surface area contributed by atoms with Crippen molar-refractivity contribution in [1.29, 1.82) is 0 Å². The highest BCUT2D eigenvalue weighted by atomic mass is 35.5. The van der Waals surface area contributed by atoms with Crippen molar-refractivity contribution in [3.8, 4) is 0 Å². The van der Waals surface area contributed by atoms with Gasteiger partial charge in [-0.2, -0.15) is 0 Å². The van der Waals surface area contributed by atoms with E-state index in [0.29, 0.717) is 30.4 Å². The van der Waals surface area contributed by atoms with Gasteiger partial charge in [-0.1, -0.05) is 23.7 Å². The second-order valence-electron chi connectivity index (χ2n) is 7.12. The highest BCUT2D eigenvalue weighted by molar-refractivity contribution is 6.30. The molecule has 0 saturated carbocycles. The number of ether oxygens (including phenoxy) is 2. The number of allylic oxidation sites excluding steroid dienone is 1. The van der Waals surface area contributed by atoms with E-state index in [4.69, 9.17) is 21.1 Å². The molecule has 3 rings (SSSR count). The quantitative estimate of drug-likeness (QED) is 0.767. The molecule has 0 spiro atoms. The predicted octanol–water partition coefficient (Wildman–Crippen LogP) is 2.96. The van der Waals surface area contributed by atoms with Gasteiger partial charge >= 0.3 is 6.09 Å². The third-order valence-corrected chi connectivity index (χ3v) is 5.27. The summed E-state index contributed by atoms with van der Waals surface area (Å²) in [6, 6.07) is 6.85. The molecule has 2 N–H and O–H groups in total. The van der Waals surface area contributed by atoms with Crippen LogP contribution in [-0.4, -0.2) is 49.2 Å². The molecule has 2 aliphatic heterocycles. The lowest BCUT2D eigenvalue weighted by molar-refractivity contribution is -0.122. The average Bonchev–Trinajstić information content (AvgIpc) is 2.74. The summed E-state index contributed by atoms with van der Waals surface area (Å²) >= 11 is 5.89. The minimum atomic E-state index is -0.504. The van der Waals surface area contributed by atoms with Gasteiger partial charge in [0.1, 0.15) is 17.9 Å². The van der Waals surface area contributed by atoms with Gasteiger partial charge < -0.3 is 25.0 Å². The Kier molecular flexibility index (Phi) is 7.04. The highest BCUT2D eigenvalue weighted by Crippen LogP contribution is 2.23. The molecule has 1 aromatic carbocycles. The third kappa shape index (κ3) is 5.67. The summed E-state index contributed by atoms with van der Waals surface area (Å²) in [7, 11) is 1.39. The van der Waals surface area contributed by atoms with Gasteiger partial charge in [-0.3, -0.25) is 4.79 Å². The molecule has 1 atom stereocenters. The number of nitrogens with one attached hydrogen (secondary N) is 2. The van der Waals surface area contributed by atoms with Gasteiger partial charge in [0.25, 0.3) is 0 Å². The molecule has 2 aliphatic rings. The fourth-order valence-corrected chi connectivity index (χ4v) is 3.39. The Labute approximate surface area is 175 Å². The van der Waals surface area contributed by atoms with E-state index in [1.807, 2.05) is 19.1 Å². The molecule has 0 aliphatic carbocycles. The second kappa shape index (κ2) is 9.69. The smallest absolute Gasteiger partial charge is 0.409 e. The molecular formula is C21H26ClN3O4. The summed E-state index contributed by atoms with van der Waals surface area (Å²) in [6.45, 7) is 3.55. The van der Waals surface area contributed by atoms with Crippen molar-refractivity contribution in [2.75, 3.05) is 20.2 Å². The molecule has 0 radical (unpaired) electrons. The lowest BCUT2D eigenvalue weighted by Gasteiger charge is -2.32. The normalized spacial score (nSPS) is 19.6. The van der Waals surface area contributed by atoms with E-state index >= 15 is 0 Å². The lowest BCUT2D eigenvalue weighted by Crippen LogP contribution is -2.43. The Balaban J connectivity index is 1.53. The lowest BCUT2D eigenvalue weighted by atomic mass is 10.1. The number of benzene rings is 1. The monoisotopic (exact) mass is 419 g/mol. The van der Waals surface area contributed by atoms with Gasteiger partial charge in [0, 0.05) is 49.3 Å². The van der Waals surface area contributed by atoms with Crippen LogP contribution in [0.5, 0.6) is 0 Å². The summed E-state index contributed by atoms with van der Waals surface area (Å²) in [5, 5.41) is 6.67. The molecule has 1 fully saturated rings. The first-order chi connectivity index (χ1) is 14.0. The molecule has 0 bridgehead atoms. The first-order valence-corrected chi connectivity index (χ1v) is 10.0.